The molecule has 0 aliphatic heterocycles. The second-order valence-corrected chi connectivity index (χ2v) is 4.87. The Kier molecular flexibility index (Phi) is 3.31. The maximum absolute atomic E-state index is 10.0. The molecule has 1 aromatic heterocycles. The first-order valence-corrected chi connectivity index (χ1v) is 6.56. The Morgan fingerprint density at radius 3 is 2.48 bits per heavy atom. The van der Waals surface area contributed by atoms with Gasteiger partial charge < -0.3 is 9.84 Å². The fraction of sp³-hybridized carbons (Fsp3) is 0.125. The summed E-state index contributed by atoms with van der Waals surface area (Å²) in [5.74, 6) is 0.727. The van der Waals surface area contributed by atoms with E-state index >= 15 is 0 Å². The lowest BCUT2D eigenvalue weighted by atomic mass is 10.3. The van der Waals surface area contributed by atoms with E-state index in [1.165, 1.54) is 4.80 Å². The Hall–Kier alpha value is -2.82. The van der Waals surface area contributed by atoms with Crippen LogP contribution in [0.2, 0.25) is 0 Å². The van der Waals surface area contributed by atoms with Gasteiger partial charge in [-0.05, 0) is 36.8 Å². The minimum Gasteiger partial charge on any atom is -0.506 e. The first kappa shape index (κ1) is 13.2. The number of hydrogen-bond acceptors (Lipinski definition) is 4. The molecule has 0 bridgehead atoms. The number of phenolic OH excluding ortho intramolecular Hbond substituents is 1. The third-order valence-corrected chi connectivity index (χ3v) is 2.93. The number of rotatable bonds is 4. The molecule has 106 valence electrons. The Morgan fingerprint density at radius 1 is 1.19 bits per heavy atom. The van der Waals surface area contributed by atoms with Gasteiger partial charge in [0.05, 0.1) is 0 Å². The van der Waals surface area contributed by atoms with Gasteiger partial charge >= 0.3 is 0 Å². The van der Waals surface area contributed by atoms with Crippen molar-refractivity contribution in [3.05, 3.63) is 54.6 Å². The molecule has 3 rings (SSSR count). The summed E-state index contributed by atoms with van der Waals surface area (Å²) >= 11 is 0. The molecule has 0 amide bonds. The molecule has 0 unspecified atom stereocenters. The summed E-state index contributed by atoms with van der Waals surface area (Å²) < 4.78 is 5.58. The van der Waals surface area contributed by atoms with E-state index in [-0.39, 0.29) is 5.75 Å². The summed E-state index contributed by atoms with van der Waals surface area (Å²) in [4.78, 5) is 1.41. The van der Waals surface area contributed by atoms with Gasteiger partial charge in [0.1, 0.15) is 34.8 Å². The number of fused-ring (bicyclic) bond motifs is 1. The van der Waals surface area contributed by atoms with Crippen molar-refractivity contribution in [2.24, 2.45) is 0 Å². The van der Waals surface area contributed by atoms with E-state index in [4.69, 9.17) is 4.74 Å². The summed E-state index contributed by atoms with van der Waals surface area (Å²) in [6, 6.07) is 12.5. The van der Waals surface area contributed by atoms with E-state index in [1.54, 1.807) is 18.2 Å². The predicted octanol–water partition coefficient (Wildman–Crippen LogP) is 3.08. The maximum Gasteiger partial charge on any atom is 0.143 e. The van der Waals surface area contributed by atoms with Crippen molar-refractivity contribution in [3.8, 4) is 17.2 Å². The molecule has 0 fully saturated rings. The number of ether oxygens (including phenoxy) is 1. The van der Waals surface area contributed by atoms with Gasteiger partial charge in [-0.2, -0.15) is 0 Å². The van der Waals surface area contributed by atoms with Crippen LogP contribution in [-0.2, 0) is 0 Å². The predicted molar refractivity (Wildman–Crippen MR) is 80.8 cm³/mol. The lowest BCUT2D eigenvalue weighted by molar-refractivity contribution is 0.351. The van der Waals surface area contributed by atoms with Crippen molar-refractivity contribution in [2.45, 2.75) is 6.92 Å². The highest BCUT2D eigenvalue weighted by molar-refractivity contribution is 5.73. The van der Waals surface area contributed by atoms with Crippen molar-refractivity contribution in [1.29, 1.82) is 0 Å². The zero-order valence-corrected chi connectivity index (χ0v) is 11.7. The highest BCUT2D eigenvalue weighted by Gasteiger charge is 2.10. The fourth-order valence-corrected chi connectivity index (χ4v) is 1.93. The van der Waals surface area contributed by atoms with Gasteiger partial charge in [-0.15, -0.1) is 15.0 Å². The number of nitrogens with zero attached hydrogens (tertiary/aromatic N) is 3. The molecule has 0 spiro atoms. The van der Waals surface area contributed by atoms with Crippen LogP contribution in [0, 0.1) is 0 Å². The lowest BCUT2D eigenvalue weighted by Crippen LogP contribution is -2.02. The van der Waals surface area contributed by atoms with Gasteiger partial charge in [0.2, 0.25) is 0 Å². The van der Waals surface area contributed by atoms with E-state index in [1.807, 2.05) is 31.2 Å². The molecular formula is C16H15N3O2. The molecule has 5 nitrogen and oxygen atoms in total. The van der Waals surface area contributed by atoms with E-state index in [0.29, 0.717) is 18.0 Å². The highest BCUT2D eigenvalue weighted by Crippen LogP contribution is 2.26. The second-order valence-electron chi connectivity index (χ2n) is 4.87. The zero-order valence-electron chi connectivity index (χ0n) is 11.7. The Bertz CT molecular complexity index is 775. The van der Waals surface area contributed by atoms with Crippen LogP contribution in [0.1, 0.15) is 6.92 Å². The van der Waals surface area contributed by atoms with Crippen molar-refractivity contribution < 1.29 is 9.84 Å². The van der Waals surface area contributed by atoms with Crippen LogP contribution in [-0.4, -0.2) is 26.7 Å². The number of aromatic nitrogens is 3. The smallest absolute Gasteiger partial charge is 0.143 e. The van der Waals surface area contributed by atoms with Gasteiger partial charge in [-0.3, -0.25) is 0 Å². The van der Waals surface area contributed by atoms with Gasteiger partial charge in [-0.1, -0.05) is 18.7 Å². The molecule has 21 heavy (non-hydrogen) atoms. The molecular weight excluding hydrogens is 266 g/mol. The average molecular weight is 281 g/mol. The van der Waals surface area contributed by atoms with Crippen molar-refractivity contribution in [3.63, 3.8) is 0 Å². The van der Waals surface area contributed by atoms with E-state index in [9.17, 15) is 5.11 Å². The van der Waals surface area contributed by atoms with Gasteiger partial charge in [0, 0.05) is 6.07 Å². The van der Waals surface area contributed by atoms with Crippen LogP contribution in [0.15, 0.2) is 54.6 Å². The Labute approximate surface area is 122 Å². The minimum absolute atomic E-state index is 0.0954. The van der Waals surface area contributed by atoms with Gasteiger partial charge in [-0.25, -0.2) is 0 Å². The summed E-state index contributed by atoms with van der Waals surface area (Å²) in [6.07, 6.45) is 0. The highest BCUT2D eigenvalue weighted by atomic mass is 16.5. The van der Waals surface area contributed by atoms with Crippen LogP contribution < -0.4 is 4.74 Å². The first-order valence-electron chi connectivity index (χ1n) is 6.56. The Balaban J connectivity index is 2.00. The summed E-state index contributed by atoms with van der Waals surface area (Å²) in [6.45, 7) is 6.11. The largest absolute Gasteiger partial charge is 0.506 e. The van der Waals surface area contributed by atoms with E-state index in [2.05, 4.69) is 16.8 Å². The SMILES string of the molecule is C=C(C)COc1ccc(O)c(-n2nc3ccccc3n2)c1. The monoisotopic (exact) mass is 281 g/mol. The van der Waals surface area contributed by atoms with E-state index in [0.717, 1.165) is 16.6 Å². The quantitative estimate of drug-likeness (QED) is 0.747. The molecule has 0 atom stereocenters. The zero-order chi connectivity index (χ0) is 14.8. The van der Waals surface area contributed by atoms with Crippen LogP contribution in [0.5, 0.6) is 11.5 Å². The average Bonchev–Trinajstić information content (AvgIpc) is 2.90. The molecule has 0 radical (unpaired) electrons. The summed E-state index contributed by atoms with van der Waals surface area (Å²) in [5.41, 5.74) is 2.94. The van der Waals surface area contributed by atoms with Gasteiger partial charge in [0.25, 0.3) is 0 Å². The fourth-order valence-electron chi connectivity index (χ4n) is 1.93. The number of aromatic hydroxyl groups is 1. The molecule has 0 saturated heterocycles. The summed E-state index contributed by atoms with van der Waals surface area (Å²) in [7, 11) is 0. The van der Waals surface area contributed by atoms with Crippen molar-refractivity contribution in [2.75, 3.05) is 6.61 Å². The Morgan fingerprint density at radius 2 is 1.86 bits per heavy atom. The van der Waals surface area contributed by atoms with Crippen LogP contribution in [0.3, 0.4) is 0 Å². The lowest BCUT2D eigenvalue weighted by Gasteiger charge is -2.08. The summed E-state index contributed by atoms with van der Waals surface area (Å²) in [5, 5.41) is 18.7. The number of phenols is 1. The standard InChI is InChI=1S/C16H15N3O2/c1-11(2)10-21-12-7-8-16(20)15(9-12)19-17-13-5-3-4-6-14(13)18-19/h3-9,20H,1,10H2,2H3. The van der Waals surface area contributed by atoms with E-state index < -0.39 is 0 Å². The van der Waals surface area contributed by atoms with Crippen LogP contribution in [0.25, 0.3) is 16.7 Å². The van der Waals surface area contributed by atoms with Crippen molar-refractivity contribution in [1.82, 2.24) is 15.0 Å². The molecule has 0 aliphatic rings. The molecule has 1 heterocycles. The molecule has 5 heteroatoms. The number of benzene rings is 2. The molecule has 2 aromatic carbocycles. The third-order valence-electron chi connectivity index (χ3n) is 2.93. The molecule has 3 aromatic rings. The molecule has 0 saturated carbocycles. The molecule has 0 aliphatic carbocycles. The first-order chi connectivity index (χ1) is 10.1. The normalized spacial score (nSPS) is 10.7. The van der Waals surface area contributed by atoms with Crippen molar-refractivity contribution >= 4 is 11.0 Å². The van der Waals surface area contributed by atoms with Crippen LogP contribution >= 0.6 is 0 Å². The third kappa shape index (κ3) is 2.72. The topological polar surface area (TPSA) is 60.2 Å². The maximum atomic E-state index is 10.0. The van der Waals surface area contributed by atoms with Gasteiger partial charge in [0.15, 0.2) is 0 Å². The number of hydrogen-bond donors (Lipinski definition) is 1. The minimum atomic E-state index is 0.0954. The second kappa shape index (κ2) is 5.28. The van der Waals surface area contributed by atoms with Crippen LogP contribution in [0.4, 0.5) is 0 Å². The molecule has 1 N–H and O–H groups in total.